The quantitative estimate of drug-likeness (QED) is 0.676. The van der Waals surface area contributed by atoms with Gasteiger partial charge in [-0.3, -0.25) is 4.79 Å². The Kier molecular flexibility index (Phi) is 7.99. The van der Waals surface area contributed by atoms with Crippen LogP contribution in [0.3, 0.4) is 0 Å². The molecule has 0 aromatic carbocycles. The average molecular weight is 485 g/mol. The van der Waals surface area contributed by atoms with E-state index in [-0.39, 0.29) is 30.1 Å². The number of aromatic nitrogens is 1. The molecule has 1 saturated heterocycles. The summed E-state index contributed by atoms with van der Waals surface area (Å²) in [5.41, 5.74) is 1.77. The van der Waals surface area contributed by atoms with Crippen molar-refractivity contribution < 1.29 is 19.4 Å². The molecule has 2 amide bonds. The Morgan fingerprint density at radius 1 is 1.11 bits per heavy atom. The van der Waals surface area contributed by atoms with Crippen LogP contribution < -0.4 is 10.2 Å². The predicted octanol–water partition coefficient (Wildman–Crippen LogP) is 3.74. The number of piperidine rings is 1. The fraction of sp³-hybridized carbons (Fsp3) is 0.667. The molecular weight excluding hydrogens is 444 g/mol. The van der Waals surface area contributed by atoms with Crippen LogP contribution in [0.4, 0.5) is 10.6 Å². The maximum Gasteiger partial charge on any atom is 0.410 e. The van der Waals surface area contributed by atoms with Crippen molar-refractivity contribution in [2.75, 3.05) is 31.1 Å². The van der Waals surface area contributed by atoms with E-state index in [0.717, 1.165) is 62.9 Å². The van der Waals surface area contributed by atoms with Gasteiger partial charge in [-0.25, -0.2) is 9.78 Å². The normalized spacial score (nSPS) is 25.6. The average Bonchev–Trinajstić information content (AvgIpc) is 2.85. The van der Waals surface area contributed by atoms with Crippen LogP contribution in [0.15, 0.2) is 24.4 Å². The van der Waals surface area contributed by atoms with Crippen molar-refractivity contribution in [3.63, 3.8) is 0 Å². The van der Waals surface area contributed by atoms with Crippen molar-refractivity contribution in [3.8, 4) is 0 Å². The monoisotopic (exact) mass is 484 g/mol. The van der Waals surface area contributed by atoms with Gasteiger partial charge in [0.2, 0.25) is 5.91 Å². The second kappa shape index (κ2) is 11.0. The molecule has 1 aromatic rings. The Balaban J connectivity index is 1.30. The number of hydrogen-bond acceptors (Lipinski definition) is 6. The molecule has 192 valence electrons. The number of aliphatic hydroxyl groups is 1. The molecule has 1 saturated carbocycles. The minimum Gasteiger partial charge on any atom is -0.444 e. The minimum atomic E-state index is -0.492. The Morgan fingerprint density at radius 2 is 1.89 bits per heavy atom. The standard InChI is InChI=1S/C27H40N4O4/c1-27(2,3)35-26(34)30-15-12-19(13-16-30)20-6-11-24(28-17-20)31-14-4-5-21(18-31)25(33)29-22-7-9-23(32)10-8-22/h6,11-12,17,21-23,32H,4-5,7-10,13-16,18H2,1-3H3,(H,29,33)/t21-,22?,23?/m0/s1. The summed E-state index contributed by atoms with van der Waals surface area (Å²) in [6, 6.07) is 4.32. The van der Waals surface area contributed by atoms with Crippen LogP contribution >= 0.6 is 0 Å². The van der Waals surface area contributed by atoms with Crippen molar-refractivity contribution in [3.05, 3.63) is 30.0 Å². The highest BCUT2D eigenvalue weighted by Gasteiger charge is 2.29. The second-order valence-electron chi connectivity index (χ2n) is 11.1. The van der Waals surface area contributed by atoms with E-state index < -0.39 is 5.60 Å². The number of hydrogen-bond donors (Lipinski definition) is 2. The first-order valence-corrected chi connectivity index (χ1v) is 13.0. The van der Waals surface area contributed by atoms with E-state index in [0.29, 0.717) is 19.6 Å². The summed E-state index contributed by atoms with van der Waals surface area (Å²) in [4.78, 5) is 33.8. The lowest BCUT2D eigenvalue weighted by atomic mass is 9.91. The van der Waals surface area contributed by atoms with Crippen molar-refractivity contribution >= 4 is 23.4 Å². The first-order valence-electron chi connectivity index (χ1n) is 13.0. The van der Waals surface area contributed by atoms with Gasteiger partial charge in [0.15, 0.2) is 0 Å². The maximum atomic E-state index is 12.9. The smallest absolute Gasteiger partial charge is 0.410 e. The van der Waals surface area contributed by atoms with Gasteiger partial charge in [-0.2, -0.15) is 0 Å². The minimum absolute atomic E-state index is 0.0306. The van der Waals surface area contributed by atoms with Crippen LogP contribution in [0.25, 0.3) is 5.57 Å². The molecule has 0 radical (unpaired) electrons. The van der Waals surface area contributed by atoms with Gasteiger partial charge in [0.05, 0.1) is 12.0 Å². The molecule has 2 aliphatic heterocycles. The van der Waals surface area contributed by atoms with E-state index in [2.05, 4.69) is 22.4 Å². The number of ether oxygens (including phenoxy) is 1. The van der Waals surface area contributed by atoms with Gasteiger partial charge in [-0.05, 0) is 89.0 Å². The first kappa shape index (κ1) is 25.5. The lowest BCUT2D eigenvalue weighted by Crippen LogP contribution is -2.47. The van der Waals surface area contributed by atoms with Gasteiger partial charge in [0.1, 0.15) is 11.4 Å². The summed E-state index contributed by atoms with van der Waals surface area (Å²) in [6.45, 7) is 8.38. The molecule has 4 rings (SSSR count). The molecule has 1 aliphatic carbocycles. The summed E-state index contributed by atoms with van der Waals surface area (Å²) in [6.07, 6.45) is 9.40. The molecule has 1 aromatic heterocycles. The predicted molar refractivity (Wildman–Crippen MR) is 136 cm³/mol. The Bertz CT molecular complexity index is 916. The Hall–Kier alpha value is -2.61. The lowest BCUT2D eigenvalue weighted by Gasteiger charge is -2.34. The van der Waals surface area contributed by atoms with Crippen LogP contribution in [0.2, 0.25) is 0 Å². The number of rotatable bonds is 4. The maximum absolute atomic E-state index is 12.9. The zero-order valence-corrected chi connectivity index (χ0v) is 21.3. The van der Waals surface area contributed by atoms with E-state index >= 15 is 0 Å². The van der Waals surface area contributed by atoms with Crippen LogP contribution in [-0.2, 0) is 9.53 Å². The molecule has 3 aliphatic rings. The summed E-state index contributed by atoms with van der Waals surface area (Å²) in [5, 5.41) is 12.9. The number of nitrogens with one attached hydrogen (secondary N) is 1. The van der Waals surface area contributed by atoms with Gasteiger partial charge in [0, 0.05) is 38.4 Å². The molecule has 2 N–H and O–H groups in total. The number of nitrogens with zero attached hydrogens (tertiary/aromatic N) is 3. The third kappa shape index (κ3) is 6.97. The first-order chi connectivity index (χ1) is 16.7. The van der Waals surface area contributed by atoms with Crippen LogP contribution in [0, 0.1) is 5.92 Å². The number of aliphatic hydroxyl groups excluding tert-OH is 1. The summed E-state index contributed by atoms with van der Waals surface area (Å²) in [7, 11) is 0. The molecule has 0 spiro atoms. The van der Waals surface area contributed by atoms with Gasteiger partial charge in [-0.1, -0.05) is 6.08 Å². The molecule has 0 bridgehead atoms. The van der Waals surface area contributed by atoms with Crippen molar-refractivity contribution in [1.29, 1.82) is 0 Å². The van der Waals surface area contributed by atoms with Crippen LogP contribution in [0.5, 0.6) is 0 Å². The van der Waals surface area contributed by atoms with Gasteiger partial charge >= 0.3 is 6.09 Å². The third-order valence-electron chi connectivity index (χ3n) is 7.14. The zero-order chi connectivity index (χ0) is 25.0. The van der Waals surface area contributed by atoms with Gasteiger partial charge in [-0.15, -0.1) is 0 Å². The molecule has 0 unspecified atom stereocenters. The fourth-order valence-electron chi connectivity index (χ4n) is 5.13. The SMILES string of the molecule is CC(C)(C)OC(=O)N1CC=C(c2ccc(N3CCC[C@H](C(=O)NC4CCC(O)CC4)C3)nc2)CC1. The summed E-state index contributed by atoms with van der Waals surface area (Å²) in [5.74, 6) is 1.01. The number of carbonyl (C=O) groups excluding carboxylic acids is 2. The number of amides is 2. The highest BCUT2D eigenvalue weighted by molar-refractivity contribution is 5.80. The highest BCUT2D eigenvalue weighted by atomic mass is 16.6. The topological polar surface area (TPSA) is 95.0 Å². The molecule has 1 atom stereocenters. The molecule has 35 heavy (non-hydrogen) atoms. The lowest BCUT2D eigenvalue weighted by molar-refractivity contribution is -0.126. The van der Waals surface area contributed by atoms with E-state index in [4.69, 9.17) is 9.72 Å². The van der Waals surface area contributed by atoms with Gasteiger partial charge in [0.25, 0.3) is 0 Å². The Morgan fingerprint density at radius 3 is 2.51 bits per heavy atom. The second-order valence-corrected chi connectivity index (χ2v) is 11.1. The molecule has 8 nitrogen and oxygen atoms in total. The van der Waals surface area contributed by atoms with Crippen molar-refractivity contribution in [1.82, 2.24) is 15.2 Å². The largest absolute Gasteiger partial charge is 0.444 e. The van der Waals surface area contributed by atoms with E-state index in [1.54, 1.807) is 4.90 Å². The number of carbonyl (C=O) groups is 2. The number of pyridine rings is 1. The fourth-order valence-corrected chi connectivity index (χ4v) is 5.13. The molecule has 2 fully saturated rings. The number of anilines is 1. The highest BCUT2D eigenvalue weighted by Crippen LogP contribution is 2.27. The molecule has 3 heterocycles. The third-order valence-corrected chi connectivity index (χ3v) is 7.14. The summed E-state index contributed by atoms with van der Waals surface area (Å²) >= 11 is 0. The van der Waals surface area contributed by atoms with E-state index in [1.165, 1.54) is 5.57 Å². The Labute approximate surface area is 208 Å². The van der Waals surface area contributed by atoms with Gasteiger partial charge < -0.3 is 25.0 Å². The van der Waals surface area contributed by atoms with Crippen LogP contribution in [-0.4, -0.2) is 70.9 Å². The van der Waals surface area contributed by atoms with Crippen molar-refractivity contribution in [2.45, 2.75) is 83.5 Å². The van der Waals surface area contributed by atoms with Crippen molar-refractivity contribution in [2.24, 2.45) is 5.92 Å². The van der Waals surface area contributed by atoms with E-state index in [9.17, 15) is 14.7 Å². The van der Waals surface area contributed by atoms with E-state index in [1.807, 2.05) is 33.0 Å². The summed E-state index contributed by atoms with van der Waals surface area (Å²) < 4.78 is 5.47. The zero-order valence-electron chi connectivity index (χ0n) is 21.3. The molecule has 8 heteroatoms. The molecular formula is C27H40N4O4. The van der Waals surface area contributed by atoms with Crippen LogP contribution in [0.1, 0.15) is 71.3 Å².